The first kappa shape index (κ1) is 12.5. The first-order valence-corrected chi connectivity index (χ1v) is 6.98. The molecule has 0 aliphatic carbocycles. The summed E-state index contributed by atoms with van der Waals surface area (Å²) in [5.41, 5.74) is 2.32. The van der Waals surface area contributed by atoms with Crippen LogP contribution in [0.5, 0.6) is 5.75 Å². The minimum atomic E-state index is -0.0288. The van der Waals surface area contributed by atoms with Crippen molar-refractivity contribution in [1.82, 2.24) is 10.2 Å². The van der Waals surface area contributed by atoms with E-state index in [1.807, 2.05) is 11.0 Å². The van der Waals surface area contributed by atoms with Crippen LogP contribution in [0.4, 0.5) is 0 Å². The predicted octanol–water partition coefficient (Wildman–Crippen LogP) is 1.27. The van der Waals surface area contributed by atoms with Crippen molar-refractivity contribution in [2.75, 3.05) is 13.1 Å². The minimum Gasteiger partial charge on any atom is -0.508 e. The molecule has 19 heavy (non-hydrogen) atoms. The van der Waals surface area contributed by atoms with E-state index in [0.29, 0.717) is 12.5 Å². The largest absolute Gasteiger partial charge is 0.508 e. The Kier molecular flexibility index (Phi) is 3.19. The topological polar surface area (TPSA) is 52.6 Å². The Morgan fingerprint density at radius 1 is 1.42 bits per heavy atom. The summed E-state index contributed by atoms with van der Waals surface area (Å²) in [6.45, 7) is 4.46. The Morgan fingerprint density at radius 2 is 2.26 bits per heavy atom. The molecule has 1 saturated heterocycles. The van der Waals surface area contributed by atoms with Gasteiger partial charge in [-0.25, -0.2) is 0 Å². The van der Waals surface area contributed by atoms with Gasteiger partial charge < -0.3 is 15.3 Å². The monoisotopic (exact) mass is 260 g/mol. The van der Waals surface area contributed by atoms with Gasteiger partial charge in [0.2, 0.25) is 5.91 Å². The number of carbonyl (C=O) groups excluding carboxylic acids is 1. The molecule has 0 saturated carbocycles. The molecule has 0 spiro atoms. The fourth-order valence-electron chi connectivity index (χ4n) is 3.09. The van der Waals surface area contributed by atoms with E-state index in [2.05, 4.69) is 12.2 Å². The average Bonchev–Trinajstić information content (AvgIpc) is 2.83. The predicted molar refractivity (Wildman–Crippen MR) is 72.8 cm³/mol. The molecule has 102 valence electrons. The number of rotatable bonds is 1. The maximum absolute atomic E-state index is 12.5. The van der Waals surface area contributed by atoms with Gasteiger partial charge in [-0.3, -0.25) is 4.79 Å². The summed E-state index contributed by atoms with van der Waals surface area (Å²) in [6.07, 6.45) is 1.95. The zero-order chi connectivity index (χ0) is 13.4. The van der Waals surface area contributed by atoms with Crippen molar-refractivity contribution in [3.05, 3.63) is 29.3 Å². The molecule has 4 nitrogen and oxygen atoms in total. The number of benzene rings is 1. The highest BCUT2D eigenvalue weighted by molar-refractivity contribution is 5.82. The van der Waals surface area contributed by atoms with Crippen molar-refractivity contribution in [3.63, 3.8) is 0 Å². The van der Waals surface area contributed by atoms with Gasteiger partial charge in [-0.05, 0) is 48.6 Å². The number of hydrogen-bond acceptors (Lipinski definition) is 3. The summed E-state index contributed by atoms with van der Waals surface area (Å²) in [7, 11) is 0. The second kappa shape index (κ2) is 4.85. The highest BCUT2D eigenvalue weighted by atomic mass is 16.3. The van der Waals surface area contributed by atoms with Gasteiger partial charge >= 0.3 is 0 Å². The van der Waals surface area contributed by atoms with E-state index >= 15 is 0 Å². The summed E-state index contributed by atoms with van der Waals surface area (Å²) in [6, 6.07) is 5.43. The summed E-state index contributed by atoms with van der Waals surface area (Å²) < 4.78 is 0. The van der Waals surface area contributed by atoms with Crippen LogP contribution in [0.15, 0.2) is 18.2 Å². The lowest BCUT2D eigenvalue weighted by molar-refractivity contribution is -0.134. The molecule has 4 heteroatoms. The van der Waals surface area contributed by atoms with Crippen LogP contribution in [0.2, 0.25) is 0 Å². The van der Waals surface area contributed by atoms with Crippen molar-refractivity contribution in [2.45, 2.75) is 32.4 Å². The third-order valence-corrected chi connectivity index (χ3v) is 4.31. The van der Waals surface area contributed by atoms with Gasteiger partial charge in [-0.15, -0.1) is 0 Å². The third kappa shape index (κ3) is 2.32. The van der Waals surface area contributed by atoms with Gasteiger partial charge in [0.05, 0.1) is 6.04 Å². The summed E-state index contributed by atoms with van der Waals surface area (Å²) >= 11 is 0. The number of carbonyl (C=O) groups is 1. The van der Waals surface area contributed by atoms with E-state index in [0.717, 1.165) is 31.5 Å². The number of phenols is 1. The molecule has 2 N–H and O–H groups in total. The minimum absolute atomic E-state index is 0.0288. The highest BCUT2D eigenvalue weighted by Gasteiger charge is 2.33. The number of hydrogen-bond donors (Lipinski definition) is 2. The van der Waals surface area contributed by atoms with E-state index in [-0.39, 0.29) is 17.7 Å². The summed E-state index contributed by atoms with van der Waals surface area (Å²) in [4.78, 5) is 14.4. The van der Waals surface area contributed by atoms with Crippen molar-refractivity contribution < 1.29 is 9.90 Å². The normalized spacial score (nSPS) is 26.3. The smallest absolute Gasteiger partial charge is 0.240 e. The molecule has 2 aliphatic heterocycles. The lowest BCUT2D eigenvalue weighted by Gasteiger charge is -2.32. The maximum atomic E-state index is 12.5. The van der Waals surface area contributed by atoms with E-state index in [1.165, 1.54) is 5.56 Å². The van der Waals surface area contributed by atoms with Crippen molar-refractivity contribution >= 4 is 5.91 Å². The first-order chi connectivity index (χ1) is 9.15. The number of fused-ring (bicyclic) bond motifs is 1. The molecule has 1 amide bonds. The molecule has 2 aliphatic rings. The molecule has 2 atom stereocenters. The lowest BCUT2D eigenvalue weighted by atomic mass is 9.97. The Balaban J connectivity index is 1.76. The standard InChI is InChI=1S/C15H20N2O2/c1-10-4-6-16-14(10)15(19)17-7-5-11-2-3-13(18)8-12(11)9-17/h2-3,8,10,14,16,18H,4-7,9H2,1H3. The van der Waals surface area contributed by atoms with Gasteiger partial charge in [0.25, 0.3) is 0 Å². The number of phenolic OH excluding ortho intramolecular Hbond substituents is 1. The highest BCUT2D eigenvalue weighted by Crippen LogP contribution is 2.25. The van der Waals surface area contributed by atoms with Crippen LogP contribution in [0, 0.1) is 5.92 Å². The molecule has 2 heterocycles. The fraction of sp³-hybridized carbons (Fsp3) is 0.533. The molecule has 1 fully saturated rings. The van der Waals surface area contributed by atoms with E-state index in [1.54, 1.807) is 12.1 Å². The van der Waals surface area contributed by atoms with Crippen LogP contribution < -0.4 is 5.32 Å². The van der Waals surface area contributed by atoms with Crippen molar-refractivity contribution in [1.29, 1.82) is 0 Å². The van der Waals surface area contributed by atoms with Gasteiger partial charge in [0.1, 0.15) is 5.75 Å². The van der Waals surface area contributed by atoms with Gasteiger partial charge in [-0.1, -0.05) is 13.0 Å². The molecule has 2 unspecified atom stereocenters. The van der Waals surface area contributed by atoms with E-state index in [9.17, 15) is 9.90 Å². The second-order valence-electron chi connectivity index (χ2n) is 5.66. The Bertz CT molecular complexity index is 501. The van der Waals surface area contributed by atoms with Crippen molar-refractivity contribution in [2.24, 2.45) is 5.92 Å². The second-order valence-corrected chi connectivity index (χ2v) is 5.66. The molecule has 3 rings (SSSR count). The molecule has 0 bridgehead atoms. The fourth-order valence-corrected chi connectivity index (χ4v) is 3.09. The van der Waals surface area contributed by atoms with Crippen molar-refractivity contribution in [3.8, 4) is 5.75 Å². The zero-order valence-corrected chi connectivity index (χ0v) is 11.2. The maximum Gasteiger partial charge on any atom is 0.240 e. The average molecular weight is 260 g/mol. The Labute approximate surface area is 113 Å². The number of aromatic hydroxyl groups is 1. The quantitative estimate of drug-likeness (QED) is 0.799. The molecule has 1 aromatic rings. The molecule has 1 aromatic carbocycles. The summed E-state index contributed by atoms with van der Waals surface area (Å²) in [5.74, 6) is 0.900. The lowest BCUT2D eigenvalue weighted by Crippen LogP contribution is -2.47. The number of amides is 1. The van der Waals surface area contributed by atoms with Crippen LogP contribution in [0.1, 0.15) is 24.5 Å². The Morgan fingerprint density at radius 3 is 3.00 bits per heavy atom. The molecule has 0 aromatic heterocycles. The number of nitrogens with one attached hydrogen (secondary N) is 1. The van der Waals surface area contributed by atoms with Crippen LogP contribution in [0.3, 0.4) is 0 Å². The molecular formula is C15H20N2O2. The summed E-state index contributed by atoms with van der Waals surface area (Å²) in [5, 5.41) is 12.8. The Hall–Kier alpha value is -1.55. The van der Waals surface area contributed by atoms with Gasteiger partial charge in [0, 0.05) is 13.1 Å². The number of nitrogens with zero attached hydrogens (tertiary/aromatic N) is 1. The van der Waals surface area contributed by atoms with E-state index in [4.69, 9.17) is 0 Å². The SMILES string of the molecule is CC1CCNC1C(=O)N1CCc2ccc(O)cc2C1. The third-order valence-electron chi connectivity index (χ3n) is 4.31. The molecule has 0 radical (unpaired) electrons. The zero-order valence-electron chi connectivity index (χ0n) is 11.2. The van der Waals surface area contributed by atoms with Crippen LogP contribution >= 0.6 is 0 Å². The van der Waals surface area contributed by atoms with Crippen LogP contribution in [-0.4, -0.2) is 35.0 Å². The van der Waals surface area contributed by atoms with Crippen LogP contribution in [-0.2, 0) is 17.8 Å². The molecular weight excluding hydrogens is 240 g/mol. The first-order valence-electron chi connectivity index (χ1n) is 6.98. The van der Waals surface area contributed by atoms with Gasteiger partial charge in [0.15, 0.2) is 0 Å². The van der Waals surface area contributed by atoms with E-state index < -0.39 is 0 Å². The van der Waals surface area contributed by atoms with Crippen LogP contribution in [0.25, 0.3) is 0 Å². The van der Waals surface area contributed by atoms with Gasteiger partial charge in [-0.2, -0.15) is 0 Å².